The van der Waals surface area contributed by atoms with Crippen molar-refractivity contribution in [3.8, 4) is 0 Å². The standard InChI is InChI=1S/C10H12NO7P/c12-9(13)7(4-6-2-1-3-11-5-6)8(10(14)15)19(16,17)18/h1-3,5,7-8H,4H2,(H,12,13)(H,14,15)(H2,16,17,18). The summed E-state index contributed by atoms with van der Waals surface area (Å²) in [6.07, 6.45) is 2.43. The van der Waals surface area contributed by atoms with Gasteiger partial charge in [0.2, 0.25) is 0 Å². The molecule has 8 nitrogen and oxygen atoms in total. The van der Waals surface area contributed by atoms with Gasteiger partial charge in [0.1, 0.15) is 0 Å². The molecule has 1 heterocycles. The fraction of sp³-hybridized carbons (Fsp3) is 0.300. The van der Waals surface area contributed by atoms with E-state index in [1.807, 2.05) is 0 Å². The molecule has 9 heteroatoms. The number of aromatic nitrogens is 1. The van der Waals surface area contributed by atoms with Crippen molar-refractivity contribution in [2.24, 2.45) is 5.92 Å². The van der Waals surface area contributed by atoms with E-state index in [9.17, 15) is 14.2 Å². The van der Waals surface area contributed by atoms with E-state index in [4.69, 9.17) is 20.0 Å². The summed E-state index contributed by atoms with van der Waals surface area (Å²) in [6, 6.07) is 3.02. The second-order valence-electron chi connectivity index (χ2n) is 3.88. The number of carboxylic acid groups (broad SMARTS) is 2. The molecule has 1 aromatic heterocycles. The summed E-state index contributed by atoms with van der Waals surface area (Å²) in [5, 5.41) is 17.8. The number of rotatable bonds is 6. The first-order valence-electron chi connectivity index (χ1n) is 5.13. The number of aliphatic carboxylic acids is 2. The van der Waals surface area contributed by atoms with E-state index in [1.165, 1.54) is 24.5 Å². The zero-order valence-corrected chi connectivity index (χ0v) is 10.5. The van der Waals surface area contributed by atoms with Gasteiger partial charge < -0.3 is 20.0 Å². The van der Waals surface area contributed by atoms with Crippen LogP contribution in [0.4, 0.5) is 0 Å². The molecule has 1 rings (SSSR count). The Morgan fingerprint density at radius 1 is 1.26 bits per heavy atom. The van der Waals surface area contributed by atoms with Crippen molar-refractivity contribution in [2.75, 3.05) is 0 Å². The average Bonchev–Trinajstić information content (AvgIpc) is 2.27. The Morgan fingerprint density at radius 2 is 1.89 bits per heavy atom. The first-order valence-corrected chi connectivity index (χ1v) is 6.81. The van der Waals surface area contributed by atoms with Gasteiger partial charge in [-0.25, -0.2) is 0 Å². The quantitative estimate of drug-likeness (QED) is 0.533. The molecule has 0 aliphatic rings. The largest absolute Gasteiger partial charge is 0.481 e. The van der Waals surface area contributed by atoms with Gasteiger partial charge in [-0.1, -0.05) is 6.07 Å². The van der Waals surface area contributed by atoms with Gasteiger partial charge >= 0.3 is 19.5 Å². The lowest BCUT2D eigenvalue weighted by molar-refractivity contribution is -0.148. The van der Waals surface area contributed by atoms with Crippen LogP contribution in [0.1, 0.15) is 5.56 Å². The summed E-state index contributed by atoms with van der Waals surface area (Å²) < 4.78 is 11.1. The molecule has 0 aromatic carbocycles. The zero-order chi connectivity index (χ0) is 14.6. The normalized spacial score (nSPS) is 14.6. The molecule has 0 saturated heterocycles. The lowest BCUT2D eigenvalue weighted by Crippen LogP contribution is -2.36. The number of pyridine rings is 1. The van der Waals surface area contributed by atoms with Crippen molar-refractivity contribution < 1.29 is 34.2 Å². The molecule has 2 atom stereocenters. The Balaban J connectivity index is 3.09. The third kappa shape index (κ3) is 4.13. The SMILES string of the molecule is O=C(O)C(Cc1cccnc1)C(C(=O)O)P(=O)(O)O. The summed E-state index contributed by atoms with van der Waals surface area (Å²) in [5.41, 5.74) is -1.90. The van der Waals surface area contributed by atoms with Crippen molar-refractivity contribution in [3.63, 3.8) is 0 Å². The van der Waals surface area contributed by atoms with E-state index in [1.54, 1.807) is 0 Å². The second-order valence-corrected chi connectivity index (χ2v) is 5.62. The Kier molecular flexibility index (Phi) is 4.77. The predicted octanol–water partition coefficient (Wildman–Crippen LogP) is -0.0442. The fourth-order valence-electron chi connectivity index (χ4n) is 1.66. The first kappa shape index (κ1) is 15.3. The highest BCUT2D eigenvalue weighted by atomic mass is 31.2. The molecule has 19 heavy (non-hydrogen) atoms. The van der Waals surface area contributed by atoms with Gasteiger partial charge in [-0.2, -0.15) is 0 Å². The monoisotopic (exact) mass is 289 g/mol. The van der Waals surface area contributed by atoms with Crippen molar-refractivity contribution in [3.05, 3.63) is 30.1 Å². The molecule has 0 radical (unpaired) electrons. The number of carboxylic acids is 2. The van der Waals surface area contributed by atoms with E-state index >= 15 is 0 Å². The zero-order valence-electron chi connectivity index (χ0n) is 9.58. The van der Waals surface area contributed by atoms with E-state index in [0.29, 0.717) is 5.56 Å². The molecule has 0 aliphatic heterocycles. The van der Waals surface area contributed by atoms with Crippen LogP contribution in [-0.4, -0.2) is 42.6 Å². The summed E-state index contributed by atoms with van der Waals surface area (Å²) >= 11 is 0. The minimum absolute atomic E-state index is 0.328. The summed E-state index contributed by atoms with van der Waals surface area (Å²) in [4.78, 5) is 43.7. The lowest BCUT2D eigenvalue weighted by atomic mass is 9.97. The second kappa shape index (κ2) is 5.92. The molecule has 0 fully saturated rings. The van der Waals surface area contributed by atoms with Gasteiger partial charge in [-0.3, -0.25) is 19.1 Å². The summed E-state index contributed by atoms with van der Waals surface area (Å²) in [5.74, 6) is -5.16. The van der Waals surface area contributed by atoms with Crippen molar-refractivity contribution in [2.45, 2.75) is 12.1 Å². The molecule has 4 N–H and O–H groups in total. The average molecular weight is 289 g/mol. The van der Waals surface area contributed by atoms with Gasteiger partial charge in [0, 0.05) is 12.4 Å². The molecule has 0 spiro atoms. The van der Waals surface area contributed by atoms with Crippen molar-refractivity contribution in [1.82, 2.24) is 4.98 Å². The van der Waals surface area contributed by atoms with Crippen LogP contribution in [0.3, 0.4) is 0 Å². The lowest BCUT2D eigenvalue weighted by Gasteiger charge is -2.21. The summed E-state index contributed by atoms with van der Waals surface area (Å²) in [7, 11) is -5.08. The van der Waals surface area contributed by atoms with Crippen LogP contribution < -0.4 is 0 Å². The predicted molar refractivity (Wildman–Crippen MR) is 62.5 cm³/mol. The highest BCUT2D eigenvalue weighted by Crippen LogP contribution is 2.46. The maximum Gasteiger partial charge on any atom is 0.340 e. The maximum absolute atomic E-state index is 11.1. The third-order valence-corrected chi connectivity index (χ3v) is 3.80. The molecule has 1 aromatic rings. The number of hydrogen-bond acceptors (Lipinski definition) is 4. The fourth-order valence-corrected chi connectivity index (χ4v) is 2.65. The smallest absolute Gasteiger partial charge is 0.340 e. The van der Waals surface area contributed by atoms with E-state index in [-0.39, 0.29) is 6.42 Å². The number of carbonyl (C=O) groups is 2. The molecule has 0 aliphatic carbocycles. The molecular weight excluding hydrogens is 277 g/mol. The van der Waals surface area contributed by atoms with Gasteiger partial charge in [0.05, 0.1) is 5.92 Å². The Labute approximate surface area is 107 Å². The molecule has 0 saturated carbocycles. The number of nitrogens with zero attached hydrogens (tertiary/aromatic N) is 1. The van der Waals surface area contributed by atoms with Crippen LogP contribution >= 0.6 is 7.60 Å². The minimum Gasteiger partial charge on any atom is -0.481 e. The molecule has 0 amide bonds. The molecule has 2 unspecified atom stereocenters. The van der Waals surface area contributed by atoms with E-state index in [0.717, 1.165) is 0 Å². The Hall–Kier alpha value is -1.76. The van der Waals surface area contributed by atoms with Crippen molar-refractivity contribution in [1.29, 1.82) is 0 Å². The molecular formula is C10H12NO7P. The van der Waals surface area contributed by atoms with Crippen LogP contribution in [0.2, 0.25) is 0 Å². The van der Waals surface area contributed by atoms with Gasteiger partial charge in [-0.15, -0.1) is 0 Å². The van der Waals surface area contributed by atoms with Gasteiger partial charge in [-0.05, 0) is 18.1 Å². The van der Waals surface area contributed by atoms with Crippen LogP contribution in [0.25, 0.3) is 0 Å². The molecule has 0 bridgehead atoms. The van der Waals surface area contributed by atoms with Crippen molar-refractivity contribution >= 4 is 19.5 Å². The topological polar surface area (TPSA) is 145 Å². The van der Waals surface area contributed by atoms with Crippen LogP contribution in [0.5, 0.6) is 0 Å². The number of hydrogen-bond donors (Lipinski definition) is 4. The van der Waals surface area contributed by atoms with Gasteiger partial charge in [0.25, 0.3) is 0 Å². The van der Waals surface area contributed by atoms with Crippen LogP contribution in [0, 0.1) is 5.92 Å². The van der Waals surface area contributed by atoms with Crippen LogP contribution in [0.15, 0.2) is 24.5 Å². The van der Waals surface area contributed by atoms with E-state index < -0.39 is 31.1 Å². The summed E-state index contributed by atoms with van der Waals surface area (Å²) in [6.45, 7) is 0. The highest BCUT2D eigenvalue weighted by Gasteiger charge is 2.45. The minimum atomic E-state index is -5.08. The van der Waals surface area contributed by atoms with Gasteiger partial charge in [0.15, 0.2) is 5.66 Å². The third-order valence-electron chi connectivity index (χ3n) is 2.49. The van der Waals surface area contributed by atoms with E-state index in [2.05, 4.69) is 4.98 Å². The molecule has 104 valence electrons. The Morgan fingerprint density at radius 3 is 2.26 bits per heavy atom. The van der Waals surface area contributed by atoms with Crippen LogP contribution in [-0.2, 0) is 20.6 Å². The highest BCUT2D eigenvalue weighted by molar-refractivity contribution is 7.53. The Bertz CT molecular complexity index is 512. The maximum atomic E-state index is 11.1. The first-order chi connectivity index (χ1) is 8.73.